The summed E-state index contributed by atoms with van der Waals surface area (Å²) in [6.07, 6.45) is 7.64. The van der Waals surface area contributed by atoms with Gasteiger partial charge in [0.15, 0.2) is 5.69 Å². The van der Waals surface area contributed by atoms with Crippen molar-refractivity contribution in [1.82, 2.24) is 9.55 Å². The third-order valence-electron chi connectivity index (χ3n) is 4.03. The number of aromatic nitrogens is 2. The summed E-state index contributed by atoms with van der Waals surface area (Å²) < 4.78 is 6.91. The molecule has 0 radical (unpaired) electrons. The number of anilines is 1. The Bertz CT molecular complexity index is 442. The second-order valence-corrected chi connectivity index (χ2v) is 5.20. The van der Waals surface area contributed by atoms with Crippen LogP contribution in [0.15, 0.2) is 6.33 Å². The zero-order chi connectivity index (χ0) is 13.8. The molecule has 0 aliphatic heterocycles. The first-order valence-electron chi connectivity index (χ1n) is 7.16. The summed E-state index contributed by atoms with van der Waals surface area (Å²) in [5.41, 5.74) is 6.30. The first-order valence-corrected chi connectivity index (χ1v) is 7.16. The minimum Gasteiger partial charge on any atom is -0.461 e. The molecular formula is C14H23N3O2. The van der Waals surface area contributed by atoms with Gasteiger partial charge in [-0.05, 0) is 25.7 Å². The van der Waals surface area contributed by atoms with Crippen LogP contribution in [0.3, 0.4) is 0 Å². The van der Waals surface area contributed by atoms with Gasteiger partial charge in [0.2, 0.25) is 0 Å². The summed E-state index contributed by atoms with van der Waals surface area (Å²) in [6, 6.07) is 0.370. The van der Waals surface area contributed by atoms with Crippen LogP contribution in [0.5, 0.6) is 0 Å². The quantitative estimate of drug-likeness (QED) is 0.850. The van der Waals surface area contributed by atoms with Gasteiger partial charge in [-0.1, -0.05) is 26.2 Å². The fourth-order valence-electron chi connectivity index (χ4n) is 2.90. The fraction of sp³-hybridized carbons (Fsp3) is 0.714. The van der Waals surface area contributed by atoms with Crippen molar-refractivity contribution in [3.63, 3.8) is 0 Å². The molecule has 0 aromatic carbocycles. The first kappa shape index (κ1) is 13.9. The lowest BCUT2D eigenvalue weighted by Gasteiger charge is -2.29. The molecule has 0 bridgehead atoms. The molecule has 2 rings (SSSR count). The number of nitrogens with two attached hydrogens (primary N) is 1. The highest BCUT2D eigenvalue weighted by Gasteiger charge is 2.26. The zero-order valence-corrected chi connectivity index (χ0v) is 11.8. The highest BCUT2D eigenvalue weighted by molar-refractivity contribution is 5.92. The average Bonchev–Trinajstić information content (AvgIpc) is 2.81. The topological polar surface area (TPSA) is 70.1 Å². The van der Waals surface area contributed by atoms with Gasteiger partial charge in [-0.15, -0.1) is 0 Å². The highest BCUT2D eigenvalue weighted by atomic mass is 16.5. The molecule has 5 heteroatoms. The van der Waals surface area contributed by atoms with Crippen LogP contribution in [0.1, 0.15) is 62.5 Å². The van der Waals surface area contributed by atoms with E-state index < -0.39 is 5.97 Å². The number of esters is 1. The highest BCUT2D eigenvalue weighted by Crippen LogP contribution is 2.35. The van der Waals surface area contributed by atoms with Crippen LogP contribution >= 0.6 is 0 Å². The second kappa shape index (κ2) is 6.08. The lowest BCUT2D eigenvalue weighted by Crippen LogP contribution is -2.20. The standard InChI is InChI=1S/C14H23N3O2/c1-3-10-6-5-7-11(8-10)17-9-16-12(13(17)15)14(18)19-4-2/h9-11H,3-8,15H2,1-2H3. The number of hydrogen-bond donors (Lipinski definition) is 1. The van der Waals surface area contributed by atoms with E-state index in [2.05, 4.69) is 11.9 Å². The number of hydrogen-bond acceptors (Lipinski definition) is 4. The van der Waals surface area contributed by atoms with E-state index in [1.54, 1.807) is 13.3 Å². The van der Waals surface area contributed by atoms with Gasteiger partial charge in [-0.25, -0.2) is 9.78 Å². The van der Waals surface area contributed by atoms with Gasteiger partial charge in [-0.3, -0.25) is 0 Å². The largest absolute Gasteiger partial charge is 0.461 e. The number of rotatable bonds is 4. The normalized spacial score (nSPS) is 23.3. The average molecular weight is 265 g/mol. The molecule has 2 N–H and O–H groups in total. The van der Waals surface area contributed by atoms with Gasteiger partial charge in [0, 0.05) is 6.04 Å². The molecule has 5 nitrogen and oxygen atoms in total. The van der Waals surface area contributed by atoms with Gasteiger partial charge in [-0.2, -0.15) is 0 Å². The van der Waals surface area contributed by atoms with Crippen molar-refractivity contribution in [2.24, 2.45) is 5.92 Å². The lowest BCUT2D eigenvalue weighted by atomic mass is 9.84. The van der Waals surface area contributed by atoms with E-state index in [0.29, 0.717) is 18.5 Å². The molecule has 19 heavy (non-hydrogen) atoms. The van der Waals surface area contributed by atoms with Gasteiger partial charge >= 0.3 is 5.97 Å². The minimum atomic E-state index is -0.429. The molecule has 2 unspecified atom stereocenters. The van der Waals surface area contributed by atoms with E-state index in [9.17, 15) is 4.79 Å². The summed E-state index contributed by atoms with van der Waals surface area (Å²) in [7, 11) is 0. The molecule has 106 valence electrons. The number of imidazole rings is 1. The van der Waals surface area contributed by atoms with E-state index in [4.69, 9.17) is 10.5 Å². The second-order valence-electron chi connectivity index (χ2n) is 5.20. The number of carbonyl (C=O) groups is 1. The van der Waals surface area contributed by atoms with E-state index in [-0.39, 0.29) is 5.69 Å². The zero-order valence-electron chi connectivity index (χ0n) is 11.8. The Hall–Kier alpha value is -1.52. The third-order valence-corrected chi connectivity index (χ3v) is 4.03. The van der Waals surface area contributed by atoms with Crippen molar-refractivity contribution >= 4 is 11.8 Å². The van der Waals surface area contributed by atoms with Crippen molar-refractivity contribution in [1.29, 1.82) is 0 Å². The van der Waals surface area contributed by atoms with Crippen molar-refractivity contribution < 1.29 is 9.53 Å². The Kier molecular flexibility index (Phi) is 4.45. The van der Waals surface area contributed by atoms with Crippen LogP contribution in [0.4, 0.5) is 5.82 Å². The SMILES string of the molecule is CCOC(=O)c1ncn(C2CCCC(CC)C2)c1N. The molecule has 2 atom stereocenters. The molecule has 1 aliphatic rings. The predicted octanol–water partition coefficient (Wildman–Crippen LogP) is 2.78. The fourth-order valence-corrected chi connectivity index (χ4v) is 2.90. The number of carbonyl (C=O) groups excluding carboxylic acids is 1. The molecule has 1 aromatic rings. The first-order chi connectivity index (χ1) is 9.17. The molecule has 0 saturated heterocycles. The van der Waals surface area contributed by atoms with Crippen LogP contribution < -0.4 is 5.73 Å². The minimum absolute atomic E-state index is 0.250. The molecular weight excluding hydrogens is 242 g/mol. The van der Waals surface area contributed by atoms with Gasteiger partial charge < -0.3 is 15.0 Å². The van der Waals surface area contributed by atoms with Crippen LogP contribution in [0, 0.1) is 5.92 Å². The molecule has 0 amide bonds. The van der Waals surface area contributed by atoms with Crippen molar-refractivity contribution in [2.45, 2.75) is 52.0 Å². The van der Waals surface area contributed by atoms with Crippen molar-refractivity contribution in [2.75, 3.05) is 12.3 Å². The Morgan fingerprint density at radius 3 is 3.00 bits per heavy atom. The smallest absolute Gasteiger partial charge is 0.360 e. The Balaban J connectivity index is 2.15. The van der Waals surface area contributed by atoms with Gasteiger partial charge in [0.1, 0.15) is 5.82 Å². The maximum absolute atomic E-state index is 11.7. The van der Waals surface area contributed by atoms with Crippen LogP contribution in [0.25, 0.3) is 0 Å². The van der Waals surface area contributed by atoms with Gasteiger partial charge in [0.05, 0.1) is 12.9 Å². The van der Waals surface area contributed by atoms with E-state index in [0.717, 1.165) is 18.8 Å². The molecule has 1 aromatic heterocycles. The Morgan fingerprint density at radius 2 is 2.32 bits per heavy atom. The molecule has 1 aliphatic carbocycles. The summed E-state index contributed by atoms with van der Waals surface area (Å²) in [5, 5.41) is 0. The van der Waals surface area contributed by atoms with Crippen molar-refractivity contribution in [3.05, 3.63) is 12.0 Å². The van der Waals surface area contributed by atoms with E-state index in [1.165, 1.54) is 19.3 Å². The third kappa shape index (κ3) is 2.91. The number of ether oxygens (including phenoxy) is 1. The molecule has 1 heterocycles. The summed E-state index contributed by atoms with van der Waals surface area (Å²) in [6.45, 7) is 4.35. The summed E-state index contributed by atoms with van der Waals surface area (Å²) in [4.78, 5) is 15.8. The summed E-state index contributed by atoms with van der Waals surface area (Å²) in [5.74, 6) is 0.772. The van der Waals surface area contributed by atoms with Crippen molar-refractivity contribution in [3.8, 4) is 0 Å². The maximum Gasteiger partial charge on any atom is 0.360 e. The monoisotopic (exact) mass is 265 g/mol. The predicted molar refractivity (Wildman–Crippen MR) is 73.9 cm³/mol. The Morgan fingerprint density at radius 1 is 1.53 bits per heavy atom. The van der Waals surface area contributed by atoms with Gasteiger partial charge in [0.25, 0.3) is 0 Å². The van der Waals surface area contributed by atoms with Crippen LogP contribution in [0.2, 0.25) is 0 Å². The number of nitrogens with zero attached hydrogens (tertiary/aromatic N) is 2. The molecule has 0 spiro atoms. The summed E-state index contributed by atoms with van der Waals surface area (Å²) >= 11 is 0. The Labute approximate surface area is 114 Å². The molecule has 1 fully saturated rings. The lowest BCUT2D eigenvalue weighted by molar-refractivity contribution is 0.0521. The van der Waals surface area contributed by atoms with E-state index >= 15 is 0 Å². The van der Waals surface area contributed by atoms with E-state index in [1.807, 2.05) is 4.57 Å². The number of nitrogen functional groups attached to an aromatic ring is 1. The van der Waals surface area contributed by atoms with Crippen LogP contribution in [-0.4, -0.2) is 22.1 Å². The molecule has 1 saturated carbocycles. The maximum atomic E-state index is 11.7. The van der Waals surface area contributed by atoms with Crippen LogP contribution in [-0.2, 0) is 4.74 Å².